The maximum Gasteiger partial charge on any atom is 3.00 e. The van der Waals surface area contributed by atoms with Crippen LogP contribution in [0.1, 0.15) is 0 Å². The first-order chi connectivity index (χ1) is 2.00. The van der Waals surface area contributed by atoms with Crippen molar-refractivity contribution in [3.8, 4) is 0 Å². The molecule has 0 radical (unpaired) electrons. The first-order valence-electron chi connectivity index (χ1n) is 0.667. The van der Waals surface area contributed by atoms with Gasteiger partial charge < -0.3 is 14.6 Å². The quantitative estimate of drug-likeness (QED) is 0.194. The van der Waals surface area contributed by atoms with Gasteiger partial charge in [0.2, 0.25) is 0 Å². The van der Waals surface area contributed by atoms with Crippen molar-refractivity contribution in [3.63, 3.8) is 0 Å². The van der Waals surface area contributed by atoms with Crippen LogP contribution in [0.25, 0.3) is 0 Å². The van der Waals surface area contributed by atoms with Crippen molar-refractivity contribution in [1.29, 1.82) is 0 Å². The summed E-state index contributed by atoms with van der Waals surface area (Å²) in [5, 5.41) is 0. The Kier molecular flexibility index (Phi) is 23.0. The molecule has 0 atom stereocenters. The Labute approximate surface area is 69.7 Å². The van der Waals surface area contributed by atoms with Crippen LogP contribution in [0.4, 0.5) is 0 Å². The summed E-state index contributed by atoms with van der Waals surface area (Å²) in [4.78, 5) is 0. The molecule has 0 amide bonds. The smallest absolute Gasteiger partial charge is 0.870 e. The first kappa shape index (κ1) is 23.1. The van der Waals surface area contributed by atoms with Gasteiger partial charge in [-0.15, -0.1) is 0 Å². The van der Waals surface area contributed by atoms with Crippen molar-refractivity contribution >= 4 is 27.8 Å². The maximum absolute atomic E-state index is 8.52. The van der Waals surface area contributed by atoms with Crippen LogP contribution in [0, 0.1) is 0 Å². The fourth-order valence-electron chi connectivity index (χ4n) is 0. The van der Waals surface area contributed by atoms with E-state index in [1.54, 1.807) is 0 Å². The second kappa shape index (κ2) is 7.96. The molecule has 0 spiro atoms. The molecule has 40 valence electrons. The van der Waals surface area contributed by atoms with E-state index < -0.39 is 10.4 Å². The van der Waals surface area contributed by atoms with Gasteiger partial charge in [-0.05, 0) is 0 Å². The minimum absolute atomic E-state index is 0. The molecule has 0 aromatic heterocycles. The molecule has 0 saturated carbocycles. The van der Waals surface area contributed by atoms with Gasteiger partial charge in [-0.2, -0.15) is 0 Å². The molecule has 0 aliphatic rings. The Bertz CT molecular complexity index is 95.6. The minimum Gasteiger partial charge on any atom is -0.870 e. The van der Waals surface area contributed by atoms with E-state index >= 15 is 0 Å². The molecule has 0 bridgehead atoms. The average molecular weight is 147 g/mol. The monoisotopic (exact) mass is 147 g/mol. The van der Waals surface area contributed by atoms with Crippen LogP contribution < -0.4 is 18.9 Å². The minimum atomic E-state index is -5.17. The zero-order valence-electron chi connectivity index (χ0n) is 4.07. The third kappa shape index (κ3) is 268. The summed E-state index contributed by atoms with van der Waals surface area (Å²) in [5.41, 5.74) is 0. The summed E-state index contributed by atoms with van der Waals surface area (Å²) in [5.74, 6) is 0. The molecule has 5 nitrogen and oxygen atoms in total. The van der Waals surface area contributed by atoms with Crippen LogP contribution in [-0.4, -0.2) is 40.4 Å². The van der Waals surface area contributed by atoms with Crippen molar-refractivity contribution in [1.82, 2.24) is 0 Å². The van der Waals surface area contributed by atoms with Crippen molar-refractivity contribution in [2.45, 2.75) is 0 Å². The molecule has 0 saturated heterocycles. The molecule has 0 aliphatic carbocycles. The molecular formula is HAlLiO5S+. The Hall–Kier alpha value is 0.960. The van der Waals surface area contributed by atoms with Gasteiger partial charge in [-0.1, -0.05) is 0 Å². The van der Waals surface area contributed by atoms with Crippen LogP contribution in [0.5, 0.6) is 0 Å². The third-order valence-corrected chi connectivity index (χ3v) is 0. The van der Waals surface area contributed by atoms with E-state index in [4.69, 9.17) is 17.5 Å². The summed E-state index contributed by atoms with van der Waals surface area (Å²) in [7, 11) is -5.17. The van der Waals surface area contributed by atoms with Crippen LogP contribution >= 0.6 is 0 Å². The van der Waals surface area contributed by atoms with E-state index in [1.807, 2.05) is 0 Å². The third-order valence-electron chi connectivity index (χ3n) is 0. The standard InChI is InChI=1S/Al.Li.H2O4S.H2O/c;;1-5(2,3)4;/h;;(H2,1,2,3,4);1H2/q+3;+1;;/p-3. The molecule has 0 fully saturated rings. The summed E-state index contributed by atoms with van der Waals surface area (Å²) in [6.07, 6.45) is 0. The number of rotatable bonds is 0. The fraction of sp³-hybridized carbons (Fsp3) is 0. The second-order valence-corrected chi connectivity index (χ2v) is 1.22. The first-order valence-corrected chi connectivity index (χ1v) is 2.00. The predicted molar refractivity (Wildman–Crippen MR) is 18.2 cm³/mol. The number of hydrogen-bond donors (Lipinski definition) is 0. The normalized spacial score (nSPS) is 7.25. The predicted octanol–water partition coefficient (Wildman–Crippen LogP) is -4.89. The van der Waals surface area contributed by atoms with Gasteiger partial charge in [0.25, 0.3) is 0 Å². The molecule has 0 rings (SSSR count). The van der Waals surface area contributed by atoms with Gasteiger partial charge in [0.1, 0.15) is 0 Å². The van der Waals surface area contributed by atoms with Gasteiger partial charge >= 0.3 is 36.2 Å². The van der Waals surface area contributed by atoms with Crippen LogP contribution in [0.2, 0.25) is 0 Å². The van der Waals surface area contributed by atoms with Crippen molar-refractivity contribution in [3.05, 3.63) is 0 Å². The van der Waals surface area contributed by atoms with Gasteiger partial charge in [-0.3, -0.25) is 8.42 Å². The van der Waals surface area contributed by atoms with Crippen LogP contribution in [-0.2, 0) is 10.4 Å². The van der Waals surface area contributed by atoms with Gasteiger partial charge in [-0.25, -0.2) is 0 Å². The van der Waals surface area contributed by atoms with E-state index in [0.717, 1.165) is 0 Å². The van der Waals surface area contributed by atoms with E-state index in [0.29, 0.717) is 0 Å². The largest absolute Gasteiger partial charge is 3.00 e. The van der Waals surface area contributed by atoms with Crippen LogP contribution in [0.15, 0.2) is 0 Å². The second-order valence-electron chi connectivity index (χ2n) is 0.408. The van der Waals surface area contributed by atoms with Crippen molar-refractivity contribution in [2.75, 3.05) is 0 Å². The van der Waals surface area contributed by atoms with E-state index in [1.165, 1.54) is 0 Å². The molecule has 0 unspecified atom stereocenters. The summed E-state index contributed by atoms with van der Waals surface area (Å²) < 4.78 is 34.1. The molecule has 0 heterocycles. The van der Waals surface area contributed by atoms with E-state index in [2.05, 4.69) is 0 Å². The van der Waals surface area contributed by atoms with Gasteiger partial charge in [0.05, 0.1) is 0 Å². The molecular weight excluding hydrogens is 146 g/mol. The molecule has 8 heavy (non-hydrogen) atoms. The number of hydrogen-bond acceptors (Lipinski definition) is 5. The Balaban J connectivity index is -0.0000000267. The van der Waals surface area contributed by atoms with Crippen molar-refractivity contribution < 1.29 is 41.9 Å². The maximum atomic E-state index is 8.52. The Morgan fingerprint density at radius 2 is 1.12 bits per heavy atom. The molecule has 1 N–H and O–H groups in total. The van der Waals surface area contributed by atoms with Crippen LogP contribution in [0.3, 0.4) is 0 Å². The van der Waals surface area contributed by atoms with E-state index in [9.17, 15) is 0 Å². The average Bonchev–Trinajstić information content (AvgIpc) is 0.722. The van der Waals surface area contributed by atoms with Crippen molar-refractivity contribution in [2.24, 2.45) is 0 Å². The molecule has 0 aliphatic heterocycles. The van der Waals surface area contributed by atoms with Gasteiger partial charge in [0.15, 0.2) is 0 Å². The molecule has 0 aromatic carbocycles. The topological polar surface area (TPSA) is 110 Å². The summed E-state index contributed by atoms with van der Waals surface area (Å²) in [6.45, 7) is 0. The fourth-order valence-corrected chi connectivity index (χ4v) is 0. The zero-order valence-corrected chi connectivity index (χ0v) is 6.04. The van der Waals surface area contributed by atoms with E-state index in [-0.39, 0.29) is 41.7 Å². The Morgan fingerprint density at radius 3 is 1.12 bits per heavy atom. The molecule has 8 heteroatoms. The summed E-state index contributed by atoms with van der Waals surface area (Å²) in [6, 6.07) is 0. The molecule has 0 aromatic rings. The van der Waals surface area contributed by atoms with Gasteiger partial charge in [0, 0.05) is 10.4 Å². The Morgan fingerprint density at radius 1 is 1.12 bits per heavy atom. The zero-order chi connectivity index (χ0) is 4.50. The summed E-state index contributed by atoms with van der Waals surface area (Å²) >= 11 is 0. The SMILES string of the molecule is O=S(=O)([O-])[O-].[Al+3].[Li+].[OH-].